The fourth-order valence-electron chi connectivity index (χ4n) is 1.85. The molecule has 0 saturated heterocycles. The van der Waals surface area contributed by atoms with Crippen LogP contribution in [0.15, 0.2) is 11.1 Å². The van der Waals surface area contributed by atoms with Gasteiger partial charge >= 0.3 is 0 Å². The Bertz CT molecular complexity index is 774. The van der Waals surface area contributed by atoms with Crippen LogP contribution < -0.4 is 11.3 Å². The van der Waals surface area contributed by atoms with E-state index in [4.69, 9.17) is 25.2 Å². The number of nitrogens with two attached hydrogens (primary N) is 1. The number of anilines is 1. The Labute approximate surface area is 130 Å². The van der Waals surface area contributed by atoms with E-state index in [0.717, 1.165) is 0 Å². The highest BCUT2D eigenvalue weighted by Gasteiger charge is 2.20. The molecule has 0 aromatic carbocycles. The van der Waals surface area contributed by atoms with Crippen molar-refractivity contribution < 1.29 is 24.0 Å². The maximum Gasteiger partial charge on any atom is 0.280 e. The van der Waals surface area contributed by atoms with Crippen LogP contribution in [0.25, 0.3) is 11.2 Å². The van der Waals surface area contributed by atoms with E-state index in [1.165, 1.54) is 13.0 Å². The Morgan fingerprint density at radius 2 is 2.30 bits per heavy atom. The van der Waals surface area contributed by atoms with Crippen molar-refractivity contribution >= 4 is 24.5 Å². The summed E-state index contributed by atoms with van der Waals surface area (Å²) < 4.78 is 23.5. The quantitative estimate of drug-likeness (QED) is 0.264. The van der Waals surface area contributed by atoms with Crippen LogP contribution in [0.5, 0.6) is 0 Å². The van der Waals surface area contributed by atoms with E-state index in [-0.39, 0.29) is 24.4 Å². The van der Waals surface area contributed by atoms with Crippen molar-refractivity contribution in [3.63, 3.8) is 0 Å². The molecule has 0 spiro atoms. The van der Waals surface area contributed by atoms with Gasteiger partial charge in [-0.05, 0) is 0 Å². The fourth-order valence-corrected chi connectivity index (χ4v) is 2.95. The number of hydrogen-bond acceptors (Lipinski definition) is 9. The van der Waals surface area contributed by atoms with Crippen LogP contribution in [0.2, 0.25) is 0 Å². The number of imidazole rings is 1. The van der Waals surface area contributed by atoms with Gasteiger partial charge in [0.1, 0.15) is 6.35 Å². The van der Waals surface area contributed by atoms with Gasteiger partial charge in [-0.1, -0.05) is 0 Å². The minimum atomic E-state index is -3.18. The van der Waals surface area contributed by atoms with Crippen molar-refractivity contribution in [2.24, 2.45) is 0 Å². The molecule has 12 heteroatoms. The number of H-pyrrole nitrogens is 1. The lowest BCUT2D eigenvalue weighted by molar-refractivity contribution is -0.0552. The molecule has 2 unspecified atom stereocenters. The number of aromatic nitrogens is 4. The molecule has 0 bridgehead atoms. The molecular formula is C11H18N5O6P. The molecule has 0 amide bonds. The standard InChI is InChI=1S/C11H18N5O6P/c1-23(20,22-7(18)4-17)6-21-3-2-16-5-13-8-9(16)14-11(12)15-10(8)19/h5,7,17-18H,2-4,6H2,1H3,(H3,12,14,15,19). The Hall–Kier alpha value is -1.78. The van der Waals surface area contributed by atoms with Gasteiger partial charge < -0.3 is 25.3 Å². The van der Waals surface area contributed by atoms with Gasteiger partial charge in [0, 0.05) is 13.2 Å². The number of hydrogen-bond donors (Lipinski definition) is 4. The molecule has 2 aromatic heterocycles. The first-order valence-corrected chi connectivity index (χ1v) is 8.90. The van der Waals surface area contributed by atoms with Gasteiger partial charge in [0.15, 0.2) is 17.5 Å². The molecule has 0 aliphatic rings. The Morgan fingerprint density at radius 1 is 1.57 bits per heavy atom. The van der Waals surface area contributed by atoms with E-state index in [1.807, 2.05) is 0 Å². The summed E-state index contributed by atoms with van der Waals surface area (Å²) in [5, 5.41) is 17.8. The van der Waals surface area contributed by atoms with Crippen molar-refractivity contribution in [2.75, 3.05) is 32.0 Å². The number of nitrogens with zero attached hydrogens (tertiary/aromatic N) is 3. The molecule has 2 heterocycles. The maximum absolute atomic E-state index is 11.9. The summed E-state index contributed by atoms with van der Waals surface area (Å²) in [4.78, 5) is 21.9. The van der Waals surface area contributed by atoms with E-state index in [9.17, 15) is 9.36 Å². The van der Waals surface area contributed by atoms with Crippen molar-refractivity contribution in [1.29, 1.82) is 0 Å². The van der Waals surface area contributed by atoms with E-state index in [0.29, 0.717) is 12.2 Å². The van der Waals surface area contributed by atoms with Crippen LogP contribution in [0.1, 0.15) is 0 Å². The van der Waals surface area contributed by atoms with Gasteiger partial charge in [0.05, 0.1) is 19.5 Å². The molecule has 5 N–H and O–H groups in total. The molecule has 0 aliphatic carbocycles. The van der Waals surface area contributed by atoms with Crippen molar-refractivity contribution in [3.8, 4) is 0 Å². The second-order valence-electron chi connectivity index (χ2n) is 4.86. The van der Waals surface area contributed by atoms with Gasteiger partial charge in [-0.2, -0.15) is 4.98 Å². The average molecular weight is 347 g/mol. The third kappa shape index (κ3) is 4.60. The normalized spacial score (nSPS) is 15.6. The third-order valence-electron chi connectivity index (χ3n) is 2.80. The summed E-state index contributed by atoms with van der Waals surface area (Å²) in [6.07, 6.45) is -0.314. The van der Waals surface area contributed by atoms with Crippen molar-refractivity contribution in [1.82, 2.24) is 19.5 Å². The lowest BCUT2D eigenvalue weighted by atomic mass is 10.5. The summed E-state index contributed by atoms with van der Waals surface area (Å²) in [7, 11) is -3.18. The van der Waals surface area contributed by atoms with Crippen molar-refractivity contribution in [3.05, 3.63) is 16.7 Å². The molecule has 128 valence electrons. The van der Waals surface area contributed by atoms with Crippen LogP contribution in [-0.4, -0.2) is 62.2 Å². The molecule has 2 atom stereocenters. The summed E-state index contributed by atoms with van der Waals surface area (Å²) >= 11 is 0. The first-order valence-electron chi connectivity index (χ1n) is 6.64. The number of aliphatic hydroxyl groups excluding tert-OH is 2. The number of nitrogen functional groups attached to an aromatic ring is 1. The molecule has 0 radical (unpaired) electrons. The van der Waals surface area contributed by atoms with Crippen LogP contribution >= 0.6 is 7.37 Å². The van der Waals surface area contributed by atoms with E-state index in [1.54, 1.807) is 4.57 Å². The number of ether oxygens (including phenoxy) is 1. The number of aliphatic hydroxyl groups is 2. The highest BCUT2D eigenvalue weighted by atomic mass is 31.2. The van der Waals surface area contributed by atoms with Crippen LogP contribution in [0, 0.1) is 0 Å². The Kier molecular flexibility index (Phi) is 5.50. The second-order valence-corrected chi connectivity index (χ2v) is 7.35. The minimum absolute atomic E-state index is 0.0189. The zero-order chi connectivity index (χ0) is 17.0. The molecule has 0 fully saturated rings. The highest BCUT2D eigenvalue weighted by molar-refractivity contribution is 7.57. The molecular weight excluding hydrogens is 329 g/mol. The van der Waals surface area contributed by atoms with Gasteiger partial charge in [0.25, 0.3) is 5.56 Å². The molecule has 0 aliphatic heterocycles. The molecule has 0 saturated carbocycles. The average Bonchev–Trinajstić information content (AvgIpc) is 2.86. The Balaban J connectivity index is 1.92. The summed E-state index contributed by atoms with van der Waals surface area (Å²) in [5.74, 6) is -0.0189. The van der Waals surface area contributed by atoms with E-state index in [2.05, 4.69) is 15.0 Å². The maximum atomic E-state index is 11.9. The van der Waals surface area contributed by atoms with Crippen LogP contribution in [-0.2, 0) is 20.4 Å². The SMILES string of the molecule is CP(=O)(COCCn1cnc2c(=O)[nH]c(N)nc21)OC(O)CO. The summed E-state index contributed by atoms with van der Waals surface area (Å²) in [6.45, 7) is 1.09. The molecule has 11 nitrogen and oxygen atoms in total. The predicted octanol–water partition coefficient (Wildman–Crippen LogP) is -1.09. The summed E-state index contributed by atoms with van der Waals surface area (Å²) in [5.41, 5.74) is 5.54. The zero-order valence-corrected chi connectivity index (χ0v) is 13.3. The van der Waals surface area contributed by atoms with Gasteiger partial charge in [-0.15, -0.1) is 0 Å². The van der Waals surface area contributed by atoms with Crippen molar-refractivity contribution in [2.45, 2.75) is 12.8 Å². The lowest BCUT2D eigenvalue weighted by Gasteiger charge is -2.17. The smallest absolute Gasteiger partial charge is 0.280 e. The third-order valence-corrected chi connectivity index (χ3v) is 4.14. The minimum Gasteiger partial charge on any atom is -0.391 e. The first-order chi connectivity index (χ1) is 10.8. The lowest BCUT2D eigenvalue weighted by Crippen LogP contribution is -2.17. The molecule has 2 rings (SSSR count). The topological polar surface area (TPSA) is 166 Å². The van der Waals surface area contributed by atoms with E-state index >= 15 is 0 Å². The fraction of sp³-hybridized carbons (Fsp3) is 0.545. The van der Waals surface area contributed by atoms with E-state index < -0.39 is 25.8 Å². The van der Waals surface area contributed by atoms with Gasteiger partial charge in [-0.3, -0.25) is 18.9 Å². The first kappa shape index (κ1) is 17.6. The number of rotatable bonds is 8. The highest BCUT2D eigenvalue weighted by Crippen LogP contribution is 2.43. The number of nitrogens with one attached hydrogen (secondary N) is 1. The van der Waals surface area contributed by atoms with Gasteiger partial charge in [-0.25, -0.2) is 4.98 Å². The monoisotopic (exact) mass is 347 g/mol. The Morgan fingerprint density at radius 3 is 3.00 bits per heavy atom. The van der Waals surface area contributed by atoms with Gasteiger partial charge in [0.2, 0.25) is 13.3 Å². The number of fused-ring (bicyclic) bond motifs is 1. The zero-order valence-electron chi connectivity index (χ0n) is 12.4. The van der Waals surface area contributed by atoms with Crippen LogP contribution in [0.4, 0.5) is 5.95 Å². The number of aromatic amines is 1. The molecule has 23 heavy (non-hydrogen) atoms. The summed E-state index contributed by atoms with van der Waals surface area (Å²) in [6, 6.07) is 0. The molecule has 2 aromatic rings. The second kappa shape index (κ2) is 7.20. The predicted molar refractivity (Wildman–Crippen MR) is 81.1 cm³/mol. The van der Waals surface area contributed by atoms with Crippen LogP contribution in [0.3, 0.4) is 0 Å². The largest absolute Gasteiger partial charge is 0.391 e.